The van der Waals surface area contributed by atoms with E-state index in [4.69, 9.17) is 0 Å². The molecule has 3 aromatic rings. The zero-order valence-electron chi connectivity index (χ0n) is 14.6. The zero-order valence-corrected chi connectivity index (χ0v) is 14.6. The van der Waals surface area contributed by atoms with Crippen molar-refractivity contribution in [3.63, 3.8) is 0 Å². The Hall–Kier alpha value is -3.41. The van der Waals surface area contributed by atoms with Gasteiger partial charge in [0.15, 0.2) is 0 Å². The number of carbonyl (C=O) groups is 2. The number of aryl methyl sites for hydroxylation is 1. The molecule has 0 saturated carbocycles. The van der Waals surface area contributed by atoms with Crippen LogP contribution in [0.2, 0.25) is 0 Å². The Balaban J connectivity index is 1.77. The van der Waals surface area contributed by atoms with Crippen molar-refractivity contribution in [3.05, 3.63) is 75.6 Å². The molecular formula is C20H19N3O3. The summed E-state index contributed by atoms with van der Waals surface area (Å²) < 4.78 is 0. The fourth-order valence-electron chi connectivity index (χ4n) is 2.72. The molecule has 1 aromatic heterocycles. The SMILES string of the molecule is CC(=O)Nc1cccc(C(=O)NCc2cc3cc(C)ccc3[nH]c2=O)c1. The van der Waals surface area contributed by atoms with Gasteiger partial charge in [-0.1, -0.05) is 17.7 Å². The Kier molecular flexibility index (Phi) is 4.84. The van der Waals surface area contributed by atoms with Crippen molar-refractivity contribution in [3.8, 4) is 0 Å². The van der Waals surface area contributed by atoms with E-state index in [0.29, 0.717) is 16.8 Å². The third-order valence-electron chi connectivity index (χ3n) is 3.96. The van der Waals surface area contributed by atoms with E-state index in [1.54, 1.807) is 30.3 Å². The van der Waals surface area contributed by atoms with Crippen LogP contribution in [0.1, 0.15) is 28.4 Å². The maximum atomic E-state index is 12.3. The van der Waals surface area contributed by atoms with E-state index < -0.39 is 0 Å². The number of hydrogen-bond acceptors (Lipinski definition) is 3. The van der Waals surface area contributed by atoms with Crippen molar-refractivity contribution in [2.45, 2.75) is 20.4 Å². The molecular weight excluding hydrogens is 330 g/mol. The molecule has 0 saturated heterocycles. The molecule has 6 heteroatoms. The summed E-state index contributed by atoms with van der Waals surface area (Å²) in [6.07, 6.45) is 0. The summed E-state index contributed by atoms with van der Waals surface area (Å²) in [6.45, 7) is 3.50. The molecule has 132 valence electrons. The van der Waals surface area contributed by atoms with Crippen molar-refractivity contribution in [2.75, 3.05) is 5.32 Å². The van der Waals surface area contributed by atoms with E-state index >= 15 is 0 Å². The second-order valence-electron chi connectivity index (χ2n) is 6.16. The fraction of sp³-hybridized carbons (Fsp3) is 0.150. The highest BCUT2D eigenvalue weighted by Crippen LogP contribution is 2.14. The fourth-order valence-corrected chi connectivity index (χ4v) is 2.72. The molecule has 26 heavy (non-hydrogen) atoms. The molecule has 0 fully saturated rings. The minimum absolute atomic E-state index is 0.114. The second kappa shape index (κ2) is 7.23. The van der Waals surface area contributed by atoms with Crippen LogP contribution in [0.3, 0.4) is 0 Å². The van der Waals surface area contributed by atoms with E-state index in [9.17, 15) is 14.4 Å². The number of benzene rings is 2. The number of amides is 2. The van der Waals surface area contributed by atoms with Gasteiger partial charge in [-0.2, -0.15) is 0 Å². The Morgan fingerprint density at radius 3 is 2.65 bits per heavy atom. The van der Waals surface area contributed by atoms with Crippen LogP contribution in [-0.4, -0.2) is 16.8 Å². The lowest BCUT2D eigenvalue weighted by molar-refractivity contribution is -0.114. The first-order valence-corrected chi connectivity index (χ1v) is 8.21. The molecule has 2 aromatic carbocycles. The first-order valence-electron chi connectivity index (χ1n) is 8.21. The largest absolute Gasteiger partial charge is 0.348 e. The van der Waals surface area contributed by atoms with Gasteiger partial charge in [-0.15, -0.1) is 0 Å². The number of hydrogen-bond donors (Lipinski definition) is 3. The maximum absolute atomic E-state index is 12.3. The lowest BCUT2D eigenvalue weighted by Crippen LogP contribution is -2.26. The predicted molar refractivity (Wildman–Crippen MR) is 101 cm³/mol. The molecule has 2 amide bonds. The van der Waals surface area contributed by atoms with Crippen LogP contribution in [0.25, 0.3) is 10.9 Å². The smallest absolute Gasteiger partial charge is 0.253 e. The van der Waals surface area contributed by atoms with E-state index in [-0.39, 0.29) is 23.9 Å². The van der Waals surface area contributed by atoms with Crippen molar-refractivity contribution < 1.29 is 9.59 Å². The number of anilines is 1. The molecule has 0 aliphatic carbocycles. The molecule has 0 aliphatic rings. The predicted octanol–water partition coefficient (Wildman–Crippen LogP) is 2.72. The average molecular weight is 349 g/mol. The lowest BCUT2D eigenvalue weighted by Gasteiger charge is -2.08. The third kappa shape index (κ3) is 3.97. The summed E-state index contributed by atoms with van der Waals surface area (Å²) in [5.74, 6) is -0.526. The molecule has 6 nitrogen and oxygen atoms in total. The zero-order chi connectivity index (χ0) is 18.7. The monoisotopic (exact) mass is 349 g/mol. The molecule has 0 aliphatic heterocycles. The van der Waals surface area contributed by atoms with Gasteiger partial charge in [0.1, 0.15) is 0 Å². The summed E-state index contributed by atoms with van der Waals surface area (Å²) >= 11 is 0. The van der Waals surface area contributed by atoms with Crippen molar-refractivity contribution in [1.29, 1.82) is 0 Å². The van der Waals surface area contributed by atoms with Gasteiger partial charge in [0, 0.05) is 35.8 Å². The Morgan fingerprint density at radius 1 is 1.08 bits per heavy atom. The summed E-state index contributed by atoms with van der Waals surface area (Å²) in [5.41, 5.74) is 3.06. The van der Waals surface area contributed by atoms with Crippen molar-refractivity contribution >= 4 is 28.4 Å². The number of H-pyrrole nitrogens is 1. The number of carbonyl (C=O) groups excluding carboxylic acids is 2. The van der Waals surface area contributed by atoms with Crippen LogP contribution in [0.15, 0.2) is 53.3 Å². The second-order valence-corrected chi connectivity index (χ2v) is 6.16. The minimum atomic E-state index is -0.319. The quantitative estimate of drug-likeness (QED) is 0.676. The lowest BCUT2D eigenvalue weighted by atomic mass is 10.1. The summed E-state index contributed by atoms with van der Waals surface area (Å²) in [5, 5.41) is 6.30. The molecule has 0 atom stereocenters. The molecule has 1 heterocycles. The minimum Gasteiger partial charge on any atom is -0.348 e. The van der Waals surface area contributed by atoms with Crippen LogP contribution in [0.5, 0.6) is 0 Å². The maximum Gasteiger partial charge on any atom is 0.253 e. The van der Waals surface area contributed by atoms with Crippen LogP contribution >= 0.6 is 0 Å². The van der Waals surface area contributed by atoms with Gasteiger partial charge in [-0.25, -0.2) is 0 Å². The topological polar surface area (TPSA) is 91.1 Å². The van der Waals surface area contributed by atoms with Gasteiger partial charge >= 0.3 is 0 Å². The van der Waals surface area contributed by atoms with Gasteiger partial charge in [0.05, 0.1) is 0 Å². The number of fused-ring (bicyclic) bond motifs is 1. The molecule has 0 radical (unpaired) electrons. The van der Waals surface area contributed by atoms with E-state index in [0.717, 1.165) is 16.5 Å². The number of rotatable bonds is 4. The van der Waals surface area contributed by atoms with Crippen LogP contribution < -0.4 is 16.2 Å². The Labute approximate surface area is 150 Å². The van der Waals surface area contributed by atoms with Crippen LogP contribution in [0.4, 0.5) is 5.69 Å². The summed E-state index contributed by atoms with van der Waals surface area (Å²) in [4.78, 5) is 38.5. The highest BCUT2D eigenvalue weighted by Gasteiger charge is 2.09. The van der Waals surface area contributed by atoms with Gasteiger partial charge in [0.25, 0.3) is 11.5 Å². The Morgan fingerprint density at radius 2 is 1.88 bits per heavy atom. The standard InChI is InChI=1S/C20H19N3O3/c1-12-6-7-18-15(8-12)9-16(20(26)23-18)11-21-19(25)14-4-3-5-17(10-14)22-13(2)24/h3-10H,11H2,1-2H3,(H,21,25)(H,22,24)(H,23,26). The third-order valence-corrected chi connectivity index (χ3v) is 3.96. The molecule has 0 bridgehead atoms. The first kappa shape index (κ1) is 17.4. The van der Waals surface area contributed by atoms with Gasteiger partial charge in [0.2, 0.25) is 5.91 Å². The van der Waals surface area contributed by atoms with Crippen LogP contribution in [0, 0.1) is 6.92 Å². The highest BCUT2D eigenvalue weighted by atomic mass is 16.2. The number of pyridine rings is 1. The molecule has 3 N–H and O–H groups in total. The van der Waals surface area contributed by atoms with Crippen molar-refractivity contribution in [2.24, 2.45) is 0 Å². The summed E-state index contributed by atoms with van der Waals surface area (Å²) in [7, 11) is 0. The van der Waals surface area contributed by atoms with Gasteiger partial charge in [-0.05, 0) is 48.7 Å². The number of nitrogens with one attached hydrogen (secondary N) is 3. The van der Waals surface area contributed by atoms with E-state index in [1.165, 1.54) is 6.92 Å². The number of aromatic amines is 1. The van der Waals surface area contributed by atoms with E-state index in [1.807, 2.05) is 25.1 Å². The average Bonchev–Trinajstić information content (AvgIpc) is 2.59. The van der Waals surface area contributed by atoms with Gasteiger partial charge in [-0.3, -0.25) is 14.4 Å². The normalized spacial score (nSPS) is 10.5. The summed E-state index contributed by atoms with van der Waals surface area (Å²) in [6, 6.07) is 14.2. The molecule has 0 unspecified atom stereocenters. The highest BCUT2D eigenvalue weighted by molar-refractivity contribution is 5.96. The first-order chi connectivity index (χ1) is 12.4. The Bertz CT molecular complexity index is 1050. The van der Waals surface area contributed by atoms with Crippen molar-refractivity contribution in [1.82, 2.24) is 10.3 Å². The number of aromatic nitrogens is 1. The molecule has 0 spiro atoms. The van der Waals surface area contributed by atoms with Gasteiger partial charge < -0.3 is 15.6 Å². The van der Waals surface area contributed by atoms with Crippen LogP contribution in [-0.2, 0) is 11.3 Å². The molecule has 3 rings (SSSR count). The van der Waals surface area contributed by atoms with E-state index in [2.05, 4.69) is 15.6 Å².